The minimum atomic E-state index is -0.158. The van der Waals surface area contributed by atoms with Crippen molar-refractivity contribution in [1.29, 1.82) is 0 Å². The number of aldehydes is 1. The molecule has 0 bridgehead atoms. The summed E-state index contributed by atoms with van der Waals surface area (Å²) >= 11 is 4.19. The lowest BCUT2D eigenvalue weighted by Crippen LogP contribution is -2.29. The molecule has 0 atom stereocenters. The average Bonchev–Trinajstić information content (AvgIpc) is 2.55. The van der Waals surface area contributed by atoms with E-state index in [0.717, 1.165) is 11.2 Å². The van der Waals surface area contributed by atoms with Gasteiger partial charge in [-0.1, -0.05) is 12.1 Å². The average molecular weight is 327 g/mol. The van der Waals surface area contributed by atoms with Crippen LogP contribution in [0.25, 0.3) is 0 Å². The van der Waals surface area contributed by atoms with Gasteiger partial charge in [0, 0.05) is 23.2 Å². The summed E-state index contributed by atoms with van der Waals surface area (Å²) in [4.78, 5) is 29.6. The van der Waals surface area contributed by atoms with Crippen LogP contribution < -0.4 is 5.32 Å². The molecule has 2 rings (SSSR count). The highest BCUT2D eigenvalue weighted by atomic mass is 32.1. The van der Waals surface area contributed by atoms with E-state index in [9.17, 15) is 9.59 Å². The second kappa shape index (κ2) is 8.14. The molecular formula is C17H17N3O2S. The standard InChI is InChI=1S/C17H17N3O2S/c1-20(12-18-16-5-3-2-4-13(16)11-21)10-17(22)19-14-6-8-15(23)9-7-14/h2-9,11-12,23H,10H2,1H3,(H,19,22). The van der Waals surface area contributed by atoms with E-state index in [1.807, 2.05) is 0 Å². The van der Waals surface area contributed by atoms with E-state index in [0.29, 0.717) is 16.9 Å². The number of hydrogen-bond donors (Lipinski definition) is 2. The molecule has 1 N–H and O–H groups in total. The number of carbonyl (C=O) groups is 2. The first kappa shape index (κ1) is 16.8. The predicted molar refractivity (Wildman–Crippen MR) is 94.9 cm³/mol. The molecule has 2 aromatic carbocycles. The molecule has 0 fully saturated rings. The molecule has 0 aliphatic carbocycles. The quantitative estimate of drug-likeness (QED) is 0.371. The molecule has 5 nitrogen and oxygen atoms in total. The van der Waals surface area contributed by atoms with E-state index in [4.69, 9.17) is 0 Å². The van der Waals surface area contributed by atoms with E-state index in [1.165, 1.54) is 6.34 Å². The van der Waals surface area contributed by atoms with Crippen LogP contribution in [-0.4, -0.2) is 37.0 Å². The zero-order chi connectivity index (χ0) is 16.7. The molecule has 0 aliphatic rings. The molecule has 0 saturated carbocycles. The summed E-state index contributed by atoms with van der Waals surface area (Å²) in [5.74, 6) is -0.158. The number of likely N-dealkylation sites (N-methyl/N-ethyl adjacent to an activating group) is 1. The topological polar surface area (TPSA) is 61.8 Å². The van der Waals surface area contributed by atoms with Crippen LogP contribution in [-0.2, 0) is 4.79 Å². The molecule has 1 amide bonds. The molecule has 6 heteroatoms. The molecule has 118 valence electrons. The Hall–Kier alpha value is -2.60. The Morgan fingerprint density at radius 3 is 2.61 bits per heavy atom. The zero-order valence-corrected chi connectivity index (χ0v) is 13.5. The summed E-state index contributed by atoms with van der Waals surface area (Å²) in [6.45, 7) is 0.148. The third-order valence-corrected chi connectivity index (χ3v) is 3.30. The van der Waals surface area contributed by atoms with Crippen molar-refractivity contribution in [3.05, 3.63) is 54.1 Å². The number of aliphatic imine (C=N–C) groups is 1. The maximum atomic E-state index is 12.0. The summed E-state index contributed by atoms with van der Waals surface area (Å²) in [6, 6.07) is 14.2. The van der Waals surface area contributed by atoms with Crippen molar-refractivity contribution in [3.63, 3.8) is 0 Å². The number of para-hydroxylation sites is 1. The summed E-state index contributed by atoms with van der Waals surface area (Å²) in [6.07, 6.45) is 2.28. The monoisotopic (exact) mass is 327 g/mol. The first-order chi connectivity index (χ1) is 11.1. The second-order valence-corrected chi connectivity index (χ2v) is 5.45. The highest BCUT2D eigenvalue weighted by Crippen LogP contribution is 2.16. The first-order valence-electron chi connectivity index (χ1n) is 6.96. The fraction of sp³-hybridized carbons (Fsp3) is 0.118. The van der Waals surface area contributed by atoms with Gasteiger partial charge in [0.05, 0.1) is 18.6 Å². The maximum absolute atomic E-state index is 12.0. The molecule has 0 saturated heterocycles. The lowest BCUT2D eigenvalue weighted by molar-refractivity contribution is -0.116. The van der Waals surface area contributed by atoms with Gasteiger partial charge in [0.25, 0.3) is 0 Å². The molecular weight excluding hydrogens is 310 g/mol. The third-order valence-electron chi connectivity index (χ3n) is 3.00. The van der Waals surface area contributed by atoms with Crippen LogP contribution in [0.15, 0.2) is 58.4 Å². The van der Waals surface area contributed by atoms with E-state index in [2.05, 4.69) is 22.9 Å². The summed E-state index contributed by atoms with van der Waals surface area (Å²) in [5.41, 5.74) is 1.79. The molecule has 23 heavy (non-hydrogen) atoms. The molecule has 0 aliphatic heterocycles. The van der Waals surface area contributed by atoms with Gasteiger partial charge >= 0.3 is 0 Å². The number of rotatable bonds is 6. The normalized spacial score (nSPS) is 10.5. The van der Waals surface area contributed by atoms with Gasteiger partial charge in [-0.05, 0) is 36.4 Å². The fourth-order valence-corrected chi connectivity index (χ4v) is 2.03. The number of thiol groups is 1. The number of carbonyl (C=O) groups excluding carboxylic acids is 2. The highest BCUT2D eigenvalue weighted by Gasteiger charge is 2.05. The minimum Gasteiger partial charge on any atom is -0.356 e. The Kier molecular flexibility index (Phi) is 5.94. The largest absolute Gasteiger partial charge is 0.356 e. The van der Waals surface area contributed by atoms with Crippen LogP contribution in [0.1, 0.15) is 10.4 Å². The Bertz CT molecular complexity index is 714. The molecule has 0 spiro atoms. The van der Waals surface area contributed by atoms with Crippen molar-refractivity contribution in [1.82, 2.24) is 4.90 Å². The third kappa shape index (κ3) is 5.27. The van der Waals surface area contributed by atoms with Crippen LogP contribution >= 0.6 is 12.6 Å². The molecule has 0 radical (unpaired) electrons. The molecule has 0 aromatic heterocycles. The Morgan fingerprint density at radius 2 is 1.91 bits per heavy atom. The Morgan fingerprint density at radius 1 is 1.22 bits per heavy atom. The van der Waals surface area contributed by atoms with Gasteiger partial charge < -0.3 is 10.2 Å². The number of anilines is 1. The van der Waals surface area contributed by atoms with Crippen molar-refractivity contribution in [2.45, 2.75) is 4.90 Å². The van der Waals surface area contributed by atoms with Crippen molar-refractivity contribution >= 4 is 42.5 Å². The van der Waals surface area contributed by atoms with Gasteiger partial charge in [0.2, 0.25) is 5.91 Å². The van der Waals surface area contributed by atoms with E-state index >= 15 is 0 Å². The number of amides is 1. The fourth-order valence-electron chi connectivity index (χ4n) is 1.88. The number of benzene rings is 2. The Labute approximate surface area is 140 Å². The number of nitrogens with one attached hydrogen (secondary N) is 1. The molecule has 2 aromatic rings. The smallest absolute Gasteiger partial charge is 0.243 e. The minimum absolute atomic E-state index is 0.148. The van der Waals surface area contributed by atoms with Gasteiger partial charge in [-0.15, -0.1) is 12.6 Å². The van der Waals surface area contributed by atoms with Gasteiger partial charge in [-0.2, -0.15) is 0 Å². The van der Waals surface area contributed by atoms with Crippen LogP contribution in [0.5, 0.6) is 0 Å². The van der Waals surface area contributed by atoms with Crippen molar-refractivity contribution in [2.24, 2.45) is 4.99 Å². The zero-order valence-electron chi connectivity index (χ0n) is 12.6. The summed E-state index contributed by atoms with van der Waals surface area (Å²) in [5, 5.41) is 2.79. The second-order valence-electron chi connectivity index (χ2n) is 4.93. The van der Waals surface area contributed by atoms with E-state index in [-0.39, 0.29) is 12.5 Å². The van der Waals surface area contributed by atoms with Crippen molar-refractivity contribution in [2.75, 3.05) is 18.9 Å². The van der Waals surface area contributed by atoms with Gasteiger partial charge in [-0.3, -0.25) is 9.59 Å². The van der Waals surface area contributed by atoms with Crippen LogP contribution in [0.4, 0.5) is 11.4 Å². The van der Waals surface area contributed by atoms with Crippen LogP contribution in [0.2, 0.25) is 0 Å². The summed E-state index contributed by atoms with van der Waals surface area (Å²) in [7, 11) is 1.74. The lowest BCUT2D eigenvalue weighted by Gasteiger charge is -2.13. The highest BCUT2D eigenvalue weighted by molar-refractivity contribution is 7.80. The summed E-state index contributed by atoms with van der Waals surface area (Å²) < 4.78 is 0. The van der Waals surface area contributed by atoms with Crippen LogP contribution in [0, 0.1) is 0 Å². The maximum Gasteiger partial charge on any atom is 0.243 e. The van der Waals surface area contributed by atoms with E-state index in [1.54, 1.807) is 60.5 Å². The van der Waals surface area contributed by atoms with Gasteiger partial charge in [0.1, 0.15) is 0 Å². The predicted octanol–water partition coefficient (Wildman–Crippen LogP) is 3.02. The van der Waals surface area contributed by atoms with Crippen molar-refractivity contribution < 1.29 is 9.59 Å². The van der Waals surface area contributed by atoms with E-state index < -0.39 is 0 Å². The molecule has 0 heterocycles. The van der Waals surface area contributed by atoms with Gasteiger partial charge in [0.15, 0.2) is 6.29 Å². The lowest BCUT2D eigenvalue weighted by atomic mass is 10.2. The number of hydrogen-bond acceptors (Lipinski definition) is 4. The first-order valence-corrected chi connectivity index (χ1v) is 7.41. The van der Waals surface area contributed by atoms with Gasteiger partial charge in [-0.25, -0.2) is 4.99 Å². The number of nitrogens with zero attached hydrogens (tertiary/aromatic N) is 2. The van der Waals surface area contributed by atoms with Crippen molar-refractivity contribution in [3.8, 4) is 0 Å². The van der Waals surface area contributed by atoms with Crippen LogP contribution in [0.3, 0.4) is 0 Å². The molecule has 0 unspecified atom stereocenters. The Balaban J connectivity index is 1.92. The SMILES string of the molecule is CN(C=Nc1ccccc1C=O)CC(=O)Nc1ccc(S)cc1.